The zero-order valence-corrected chi connectivity index (χ0v) is 14.8. The van der Waals surface area contributed by atoms with E-state index >= 15 is 0 Å². The Morgan fingerprint density at radius 2 is 1.62 bits per heavy atom. The molecular formula is C19H19ClF3N3. The van der Waals surface area contributed by atoms with Crippen molar-refractivity contribution in [1.82, 2.24) is 9.91 Å². The molecule has 0 spiro atoms. The molecule has 7 heteroatoms. The number of benzene rings is 2. The van der Waals surface area contributed by atoms with E-state index in [4.69, 9.17) is 11.6 Å². The lowest BCUT2D eigenvalue weighted by atomic mass is 10.1. The van der Waals surface area contributed by atoms with Crippen molar-refractivity contribution in [2.45, 2.75) is 12.7 Å². The average molecular weight is 382 g/mol. The quantitative estimate of drug-likeness (QED) is 0.726. The second-order valence-corrected chi connectivity index (χ2v) is 6.62. The molecule has 0 N–H and O–H groups in total. The van der Waals surface area contributed by atoms with Gasteiger partial charge in [0.1, 0.15) is 0 Å². The zero-order chi connectivity index (χ0) is 18.6. The molecule has 0 bridgehead atoms. The molecule has 1 aliphatic heterocycles. The molecule has 2 aromatic rings. The Kier molecular flexibility index (Phi) is 5.84. The zero-order valence-electron chi connectivity index (χ0n) is 14.1. The highest BCUT2D eigenvalue weighted by Crippen LogP contribution is 2.31. The maximum absolute atomic E-state index is 13.0. The van der Waals surface area contributed by atoms with Gasteiger partial charge in [0.2, 0.25) is 0 Å². The summed E-state index contributed by atoms with van der Waals surface area (Å²) >= 11 is 5.89. The second kappa shape index (κ2) is 8.10. The van der Waals surface area contributed by atoms with E-state index in [9.17, 15) is 13.2 Å². The van der Waals surface area contributed by atoms with E-state index in [1.54, 1.807) is 6.07 Å². The van der Waals surface area contributed by atoms with Gasteiger partial charge in [0, 0.05) is 43.3 Å². The van der Waals surface area contributed by atoms with Crippen molar-refractivity contribution < 1.29 is 13.2 Å². The van der Waals surface area contributed by atoms with Crippen molar-refractivity contribution in [3.63, 3.8) is 0 Å². The van der Waals surface area contributed by atoms with E-state index in [2.05, 4.69) is 10.0 Å². The van der Waals surface area contributed by atoms with Gasteiger partial charge in [0.25, 0.3) is 0 Å². The van der Waals surface area contributed by atoms with Crippen molar-refractivity contribution in [2.75, 3.05) is 26.2 Å². The van der Waals surface area contributed by atoms with E-state index in [1.807, 2.05) is 29.3 Å². The van der Waals surface area contributed by atoms with Gasteiger partial charge in [0.05, 0.1) is 11.8 Å². The first-order valence-corrected chi connectivity index (χ1v) is 8.71. The Morgan fingerprint density at radius 1 is 0.962 bits per heavy atom. The average Bonchev–Trinajstić information content (AvgIpc) is 2.62. The summed E-state index contributed by atoms with van der Waals surface area (Å²) in [6.45, 7) is 3.80. The fourth-order valence-electron chi connectivity index (χ4n) is 2.87. The van der Waals surface area contributed by atoms with Crippen molar-refractivity contribution in [2.24, 2.45) is 5.10 Å². The third-order valence-corrected chi connectivity index (χ3v) is 4.55. The Balaban J connectivity index is 1.56. The molecule has 2 aromatic carbocycles. The highest BCUT2D eigenvalue weighted by Gasteiger charge is 2.32. The summed E-state index contributed by atoms with van der Waals surface area (Å²) in [5.41, 5.74) is 0.610. The molecule has 0 amide bonds. The number of piperazine rings is 1. The van der Waals surface area contributed by atoms with Gasteiger partial charge in [0.15, 0.2) is 0 Å². The van der Waals surface area contributed by atoms with Crippen LogP contribution in [0.3, 0.4) is 0 Å². The van der Waals surface area contributed by atoms with Gasteiger partial charge in [-0.2, -0.15) is 18.3 Å². The predicted octanol–water partition coefficient (Wildman–Crippen LogP) is 4.51. The minimum atomic E-state index is -4.38. The smallest absolute Gasteiger partial charge is 0.295 e. The first kappa shape index (κ1) is 18.7. The van der Waals surface area contributed by atoms with E-state index in [1.165, 1.54) is 23.9 Å². The summed E-state index contributed by atoms with van der Waals surface area (Å²) < 4.78 is 39.0. The summed E-state index contributed by atoms with van der Waals surface area (Å²) in [7, 11) is 0. The van der Waals surface area contributed by atoms with Gasteiger partial charge in [-0.05, 0) is 23.8 Å². The van der Waals surface area contributed by atoms with Crippen LogP contribution in [0, 0.1) is 0 Å². The van der Waals surface area contributed by atoms with Gasteiger partial charge < -0.3 is 0 Å². The highest BCUT2D eigenvalue weighted by molar-refractivity contribution is 6.30. The van der Waals surface area contributed by atoms with Gasteiger partial charge in [-0.1, -0.05) is 41.9 Å². The SMILES string of the molecule is FC(F)(F)c1ccccc1/C=N/N1CCN(Cc2ccc(Cl)cc2)CC1. The molecule has 0 aromatic heterocycles. The number of halogens is 4. The molecular weight excluding hydrogens is 363 g/mol. The Hall–Kier alpha value is -2.05. The molecule has 26 heavy (non-hydrogen) atoms. The van der Waals surface area contributed by atoms with E-state index in [0.717, 1.165) is 25.7 Å². The number of rotatable bonds is 4. The number of hydrogen-bond donors (Lipinski definition) is 0. The van der Waals surface area contributed by atoms with Crippen LogP contribution in [0.2, 0.25) is 5.02 Å². The van der Waals surface area contributed by atoms with E-state index in [0.29, 0.717) is 18.1 Å². The molecule has 0 saturated carbocycles. The summed E-state index contributed by atoms with van der Waals surface area (Å²) in [4.78, 5) is 2.29. The van der Waals surface area contributed by atoms with Gasteiger partial charge in [-0.15, -0.1) is 0 Å². The van der Waals surface area contributed by atoms with Crippen LogP contribution in [0.5, 0.6) is 0 Å². The topological polar surface area (TPSA) is 18.8 Å². The van der Waals surface area contributed by atoms with Crippen molar-refractivity contribution in [3.8, 4) is 0 Å². The van der Waals surface area contributed by atoms with Gasteiger partial charge in [-0.25, -0.2) is 0 Å². The van der Waals surface area contributed by atoms with Crippen LogP contribution in [0.1, 0.15) is 16.7 Å². The van der Waals surface area contributed by atoms with Crippen LogP contribution in [0.15, 0.2) is 53.6 Å². The number of hydrogen-bond acceptors (Lipinski definition) is 3. The lowest BCUT2D eigenvalue weighted by molar-refractivity contribution is -0.137. The van der Waals surface area contributed by atoms with Crippen LogP contribution in [-0.4, -0.2) is 42.3 Å². The third-order valence-electron chi connectivity index (χ3n) is 4.29. The Bertz CT molecular complexity index is 751. The summed E-state index contributed by atoms with van der Waals surface area (Å²) in [6, 6.07) is 13.2. The van der Waals surface area contributed by atoms with Crippen LogP contribution < -0.4 is 0 Å². The fraction of sp³-hybridized carbons (Fsp3) is 0.316. The molecule has 3 nitrogen and oxygen atoms in total. The lowest BCUT2D eigenvalue weighted by Gasteiger charge is -2.33. The maximum atomic E-state index is 13.0. The molecule has 3 rings (SSSR count). The Morgan fingerprint density at radius 3 is 2.27 bits per heavy atom. The van der Waals surface area contributed by atoms with Crippen molar-refractivity contribution >= 4 is 17.8 Å². The number of nitrogens with zero attached hydrogens (tertiary/aromatic N) is 3. The lowest BCUT2D eigenvalue weighted by Crippen LogP contribution is -2.43. The number of alkyl halides is 3. The van der Waals surface area contributed by atoms with E-state index < -0.39 is 11.7 Å². The minimum absolute atomic E-state index is 0.0867. The number of hydrazone groups is 1. The molecule has 138 valence electrons. The molecule has 0 radical (unpaired) electrons. The summed E-state index contributed by atoms with van der Waals surface area (Å²) in [5.74, 6) is 0. The molecule has 0 atom stereocenters. The molecule has 0 aliphatic carbocycles. The van der Waals surface area contributed by atoms with Crippen LogP contribution >= 0.6 is 11.6 Å². The maximum Gasteiger partial charge on any atom is 0.417 e. The minimum Gasteiger partial charge on any atom is -0.295 e. The van der Waals surface area contributed by atoms with E-state index in [-0.39, 0.29) is 5.56 Å². The summed E-state index contributed by atoms with van der Waals surface area (Å²) in [6.07, 6.45) is -3.07. The molecule has 1 aliphatic rings. The molecule has 1 heterocycles. The van der Waals surface area contributed by atoms with Gasteiger partial charge in [-0.3, -0.25) is 9.91 Å². The van der Waals surface area contributed by atoms with Crippen LogP contribution in [-0.2, 0) is 12.7 Å². The largest absolute Gasteiger partial charge is 0.417 e. The van der Waals surface area contributed by atoms with Crippen molar-refractivity contribution in [3.05, 3.63) is 70.2 Å². The highest BCUT2D eigenvalue weighted by atomic mass is 35.5. The predicted molar refractivity (Wildman–Crippen MR) is 97.3 cm³/mol. The van der Waals surface area contributed by atoms with Crippen molar-refractivity contribution in [1.29, 1.82) is 0 Å². The summed E-state index contributed by atoms with van der Waals surface area (Å²) in [5, 5.41) is 6.77. The first-order valence-electron chi connectivity index (χ1n) is 8.34. The first-order chi connectivity index (χ1) is 12.4. The van der Waals surface area contributed by atoms with Crippen LogP contribution in [0.4, 0.5) is 13.2 Å². The molecule has 1 fully saturated rings. The second-order valence-electron chi connectivity index (χ2n) is 6.19. The molecule has 0 unspecified atom stereocenters. The fourth-order valence-corrected chi connectivity index (χ4v) is 3.00. The Labute approximate surface area is 155 Å². The third kappa shape index (κ3) is 4.99. The standard InChI is InChI=1S/C19H19ClF3N3/c20-17-7-5-15(6-8-17)14-25-9-11-26(12-10-25)24-13-16-3-1-2-4-18(16)19(21,22)23/h1-8,13H,9-12,14H2/b24-13+. The van der Waals surface area contributed by atoms with Crippen LogP contribution in [0.25, 0.3) is 0 Å². The normalized spacial score (nSPS) is 16.4. The van der Waals surface area contributed by atoms with Gasteiger partial charge >= 0.3 is 6.18 Å². The molecule has 1 saturated heterocycles. The monoisotopic (exact) mass is 381 g/mol.